The van der Waals surface area contributed by atoms with Crippen LogP contribution in [0.3, 0.4) is 0 Å². The fourth-order valence-electron chi connectivity index (χ4n) is 0.355. The number of carbonyl (C=O) groups is 1. The van der Waals surface area contributed by atoms with Crippen LogP contribution in [0.1, 0.15) is 6.92 Å². The summed E-state index contributed by atoms with van der Waals surface area (Å²) in [4.78, 5) is 10.4. The third kappa shape index (κ3) is 4.08. The second-order valence-corrected chi connectivity index (χ2v) is 1.97. The van der Waals surface area contributed by atoms with Crippen LogP contribution in [0.25, 0.3) is 0 Å². The van der Waals surface area contributed by atoms with E-state index in [9.17, 15) is 9.18 Å². The van der Waals surface area contributed by atoms with E-state index in [-0.39, 0.29) is 0 Å². The molecule has 0 atom stereocenters. The van der Waals surface area contributed by atoms with Gasteiger partial charge >= 0.3 is 0 Å². The molecule has 0 fully saturated rings. The van der Waals surface area contributed by atoms with Crippen LogP contribution < -0.4 is 5.73 Å². The lowest BCUT2D eigenvalue weighted by molar-refractivity contribution is -0.114. The number of hydrogen-bond acceptors (Lipinski definition) is 1. The molecule has 1 amide bonds. The molecular formula is C8H10FNO. The van der Waals surface area contributed by atoms with Gasteiger partial charge in [-0.3, -0.25) is 4.79 Å². The minimum atomic E-state index is -0.557. The highest BCUT2D eigenvalue weighted by Crippen LogP contribution is 1.99. The zero-order valence-corrected chi connectivity index (χ0v) is 6.30. The first-order valence-corrected chi connectivity index (χ1v) is 3.04. The summed E-state index contributed by atoms with van der Waals surface area (Å²) in [6.45, 7) is 4.70. The van der Waals surface area contributed by atoms with Crippen LogP contribution in [0.2, 0.25) is 0 Å². The highest BCUT2D eigenvalue weighted by molar-refractivity contribution is 5.91. The van der Waals surface area contributed by atoms with Gasteiger partial charge in [0.1, 0.15) is 5.83 Å². The van der Waals surface area contributed by atoms with Crippen molar-refractivity contribution < 1.29 is 9.18 Å². The minimum Gasteiger partial charge on any atom is -0.366 e. The van der Waals surface area contributed by atoms with Crippen LogP contribution in [-0.2, 0) is 4.79 Å². The van der Waals surface area contributed by atoms with Crippen molar-refractivity contribution in [3.05, 3.63) is 36.2 Å². The number of rotatable bonds is 3. The monoisotopic (exact) mass is 155 g/mol. The van der Waals surface area contributed by atoms with Crippen molar-refractivity contribution in [2.75, 3.05) is 0 Å². The van der Waals surface area contributed by atoms with Crippen LogP contribution in [0.4, 0.5) is 4.39 Å². The average molecular weight is 155 g/mol. The smallest absolute Gasteiger partial charge is 0.244 e. The number of hydrogen-bond donors (Lipinski definition) is 1. The molecule has 0 aliphatic carbocycles. The lowest BCUT2D eigenvalue weighted by Gasteiger charge is -1.88. The Hall–Kier alpha value is -1.38. The number of carbonyl (C=O) groups excluding carboxylic acids is 1. The molecule has 0 spiro atoms. The molecule has 0 saturated carbocycles. The Morgan fingerprint density at radius 1 is 1.55 bits per heavy atom. The summed E-state index contributed by atoms with van der Waals surface area (Å²) >= 11 is 0. The Morgan fingerprint density at radius 3 is 2.45 bits per heavy atom. The summed E-state index contributed by atoms with van der Waals surface area (Å²) in [5.41, 5.74) is 5.19. The molecule has 0 radical (unpaired) electrons. The molecule has 0 bridgehead atoms. The molecule has 0 unspecified atom stereocenters. The molecule has 0 rings (SSSR count). The lowest BCUT2D eigenvalue weighted by atomic mass is 10.2. The average Bonchev–Trinajstić information content (AvgIpc) is 1.99. The van der Waals surface area contributed by atoms with E-state index in [0.717, 1.165) is 12.2 Å². The zero-order chi connectivity index (χ0) is 8.85. The summed E-state index contributed by atoms with van der Waals surface area (Å²) in [7, 11) is 0. The Kier molecular flexibility index (Phi) is 3.88. The molecular weight excluding hydrogens is 145 g/mol. The van der Waals surface area contributed by atoms with Crippen LogP contribution in [0, 0.1) is 0 Å². The Balaban J connectivity index is 4.34. The Bertz CT molecular complexity index is 228. The number of halogens is 1. The lowest BCUT2D eigenvalue weighted by Crippen LogP contribution is -2.11. The van der Waals surface area contributed by atoms with Gasteiger partial charge in [-0.1, -0.05) is 12.7 Å². The highest BCUT2D eigenvalue weighted by Gasteiger charge is 1.93. The van der Waals surface area contributed by atoms with Gasteiger partial charge in [-0.2, -0.15) is 0 Å². The first-order chi connectivity index (χ1) is 5.07. The van der Waals surface area contributed by atoms with Crippen LogP contribution in [0.5, 0.6) is 0 Å². The van der Waals surface area contributed by atoms with Crippen molar-refractivity contribution in [1.29, 1.82) is 0 Å². The van der Waals surface area contributed by atoms with Crippen molar-refractivity contribution in [3.63, 3.8) is 0 Å². The molecule has 0 saturated heterocycles. The van der Waals surface area contributed by atoms with Crippen LogP contribution in [0.15, 0.2) is 36.2 Å². The SMILES string of the molecule is C=C/C(F)=C\C=C(/C)C(N)=O. The van der Waals surface area contributed by atoms with E-state index in [1.807, 2.05) is 0 Å². The molecule has 0 aliphatic rings. The van der Waals surface area contributed by atoms with Crippen molar-refractivity contribution >= 4 is 5.91 Å². The van der Waals surface area contributed by atoms with E-state index in [1.54, 1.807) is 0 Å². The van der Waals surface area contributed by atoms with Gasteiger partial charge in [-0.15, -0.1) is 0 Å². The van der Waals surface area contributed by atoms with Crippen molar-refractivity contribution in [1.82, 2.24) is 0 Å². The molecule has 11 heavy (non-hydrogen) atoms. The second-order valence-electron chi connectivity index (χ2n) is 1.97. The van der Waals surface area contributed by atoms with Crippen LogP contribution in [-0.4, -0.2) is 5.91 Å². The van der Waals surface area contributed by atoms with E-state index in [2.05, 4.69) is 6.58 Å². The maximum absolute atomic E-state index is 12.3. The van der Waals surface area contributed by atoms with E-state index >= 15 is 0 Å². The van der Waals surface area contributed by atoms with Gasteiger partial charge in [0, 0.05) is 5.57 Å². The first kappa shape index (κ1) is 9.62. The molecule has 3 heteroatoms. The maximum Gasteiger partial charge on any atom is 0.244 e. The fourth-order valence-corrected chi connectivity index (χ4v) is 0.355. The summed E-state index contributed by atoms with van der Waals surface area (Å²) < 4.78 is 12.3. The van der Waals surface area contributed by atoms with Crippen molar-refractivity contribution in [3.8, 4) is 0 Å². The van der Waals surface area contributed by atoms with E-state index < -0.39 is 11.7 Å². The van der Waals surface area contributed by atoms with Crippen molar-refractivity contribution in [2.24, 2.45) is 5.73 Å². The summed E-state index contributed by atoms with van der Waals surface area (Å²) in [5.74, 6) is -1.05. The van der Waals surface area contributed by atoms with Gasteiger partial charge in [-0.05, 0) is 19.1 Å². The second kappa shape index (κ2) is 4.44. The molecule has 0 aromatic heterocycles. The molecule has 0 aromatic rings. The Morgan fingerprint density at radius 2 is 2.09 bits per heavy atom. The predicted molar refractivity (Wildman–Crippen MR) is 42.3 cm³/mol. The Labute approximate surface area is 64.9 Å². The topological polar surface area (TPSA) is 43.1 Å². The molecule has 0 aliphatic heterocycles. The highest BCUT2D eigenvalue weighted by atomic mass is 19.1. The first-order valence-electron chi connectivity index (χ1n) is 3.04. The normalized spacial score (nSPS) is 12.9. The predicted octanol–water partition coefficient (Wildman–Crippen LogP) is 1.46. The van der Waals surface area contributed by atoms with Gasteiger partial charge < -0.3 is 5.73 Å². The third-order valence-electron chi connectivity index (χ3n) is 1.08. The summed E-state index contributed by atoms with van der Waals surface area (Å²) in [6.07, 6.45) is 3.48. The van der Waals surface area contributed by atoms with Gasteiger partial charge in [-0.25, -0.2) is 4.39 Å². The number of amides is 1. The van der Waals surface area contributed by atoms with E-state index in [0.29, 0.717) is 5.57 Å². The molecule has 2 nitrogen and oxygen atoms in total. The van der Waals surface area contributed by atoms with Gasteiger partial charge in [0.2, 0.25) is 5.91 Å². The molecule has 0 heterocycles. The number of primary amides is 1. The largest absolute Gasteiger partial charge is 0.366 e. The quantitative estimate of drug-likeness (QED) is 0.486. The number of allylic oxidation sites excluding steroid dienone is 4. The van der Waals surface area contributed by atoms with Gasteiger partial charge in [0.15, 0.2) is 0 Å². The van der Waals surface area contributed by atoms with E-state index in [4.69, 9.17) is 5.73 Å². The van der Waals surface area contributed by atoms with Gasteiger partial charge in [0.05, 0.1) is 0 Å². The fraction of sp³-hybridized carbons (Fsp3) is 0.125. The standard InChI is InChI=1S/C8H10FNO/c1-3-7(9)5-4-6(2)8(10)11/h3-5H,1H2,2H3,(H2,10,11)/b6-4+,7-5+. The van der Waals surface area contributed by atoms with Crippen LogP contribution >= 0.6 is 0 Å². The van der Waals surface area contributed by atoms with E-state index in [1.165, 1.54) is 13.0 Å². The molecule has 60 valence electrons. The maximum atomic E-state index is 12.3. The summed E-state index contributed by atoms with van der Waals surface area (Å²) in [5, 5.41) is 0. The molecule has 2 N–H and O–H groups in total. The van der Waals surface area contributed by atoms with Gasteiger partial charge in [0.25, 0.3) is 0 Å². The summed E-state index contributed by atoms with van der Waals surface area (Å²) in [6, 6.07) is 0. The molecule has 0 aromatic carbocycles. The zero-order valence-electron chi connectivity index (χ0n) is 6.30. The minimum absolute atomic E-state index is 0.307. The number of nitrogens with two attached hydrogens (primary N) is 1. The third-order valence-corrected chi connectivity index (χ3v) is 1.08. The van der Waals surface area contributed by atoms with Crippen molar-refractivity contribution in [2.45, 2.75) is 6.92 Å².